The minimum absolute atomic E-state index is 0.0658. The van der Waals surface area contributed by atoms with Crippen LogP contribution in [0.5, 0.6) is 5.75 Å². The summed E-state index contributed by atoms with van der Waals surface area (Å²) in [6.07, 6.45) is 0.341. The molecule has 27 heavy (non-hydrogen) atoms. The van der Waals surface area contributed by atoms with Crippen LogP contribution < -0.4 is 10.1 Å². The van der Waals surface area contributed by atoms with E-state index < -0.39 is 0 Å². The quantitative estimate of drug-likeness (QED) is 0.773. The van der Waals surface area contributed by atoms with Crippen molar-refractivity contribution in [1.29, 1.82) is 0 Å². The molecule has 0 spiro atoms. The van der Waals surface area contributed by atoms with Gasteiger partial charge in [-0.05, 0) is 32.9 Å². The summed E-state index contributed by atoms with van der Waals surface area (Å²) in [5.74, 6) is 1.65. The van der Waals surface area contributed by atoms with Gasteiger partial charge in [-0.3, -0.25) is 4.79 Å². The summed E-state index contributed by atoms with van der Waals surface area (Å²) in [4.78, 5) is 21.5. The van der Waals surface area contributed by atoms with E-state index in [4.69, 9.17) is 4.74 Å². The van der Waals surface area contributed by atoms with Gasteiger partial charge in [0.2, 0.25) is 5.91 Å². The Kier molecular flexibility index (Phi) is 4.14. The second-order valence-corrected chi connectivity index (χ2v) is 6.76. The maximum atomic E-state index is 12.5. The lowest BCUT2D eigenvalue weighted by Crippen LogP contribution is -2.25. The standard InChI is InChI=1S/C20H21N5O2/c1-11-9-12(2)22-20(21-11)25-19-18(13(3)24-25)15(10-17(26)23-19)14-7-5-6-8-16(14)27-4/h5-9,15H,10H2,1-4H3,(H,23,26)/t15-/m1/s1. The number of rotatable bonds is 3. The minimum atomic E-state index is -0.135. The van der Waals surface area contributed by atoms with Crippen LogP contribution in [0.15, 0.2) is 30.3 Å². The van der Waals surface area contributed by atoms with Gasteiger partial charge >= 0.3 is 0 Å². The molecule has 0 saturated heterocycles. The van der Waals surface area contributed by atoms with Gasteiger partial charge in [0.25, 0.3) is 5.95 Å². The molecule has 0 fully saturated rings. The summed E-state index contributed by atoms with van der Waals surface area (Å²) in [5, 5.41) is 7.61. The van der Waals surface area contributed by atoms with Crippen molar-refractivity contribution < 1.29 is 9.53 Å². The Morgan fingerprint density at radius 2 is 1.85 bits per heavy atom. The van der Waals surface area contributed by atoms with Crippen molar-refractivity contribution >= 4 is 11.7 Å². The van der Waals surface area contributed by atoms with Crippen LogP contribution in [0, 0.1) is 20.8 Å². The molecule has 1 atom stereocenters. The average molecular weight is 363 g/mol. The third-order valence-electron chi connectivity index (χ3n) is 4.78. The summed E-state index contributed by atoms with van der Waals surface area (Å²) in [7, 11) is 1.64. The molecule has 1 aliphatic heterocycles. The Morgan fingerprint density at radius 3 is 2.56 bits per heavy atom. The SMILES string of the molecule is COc1ccccc1[C@H]1CC(=O)Nc2c1c(C)nn2-c1nc(C)cc(C)n1. The second-order valence-electron chi connectivity index (χ2n) is 6.76. The lowest BCUT2D eigenvalue weighted by molar-refractivity contribution is -0.116. The number of carbonyl (C=O) groups excluding carboxylic acids is 1. The number of ether oxygens (including phenoxy) is 1. The van der Waals surface area contributed by atoms with Gasteiger partial charge in [-0.1, -0.05) is 18.2 Å². The first-order valence-corrected chi connectivity index (χ1v) is 8.83. The van der Waals surface area contributed by atoms with Gasteiger partial charge in [-0.25, -0.2) is 9.97 Å². The summed E-state index contributed by atoms with van der Waals surface area (Å²) in [6, 6.07) is 9.69. The zero-order valence-corrected chi connectivity index (χ0v) is 15.8. The van der Waals surface area contributed by atoms with E-state index in [1.807, 2.05) is 51.1 Å². The highest BCUT2D eigenvalue weighted by Gasteiger charge is 2.34. The molecule has 2 aromatic heterocycles. The number of aromatic nitrogens is 4. The smallest absolute Gasteiger partial charge is 0.252 e. The number of fused-ring (bicyclic) bond motifs is 1. The van der Waals surface area contributed by atoms with Gasteiger partial charge in [0.15, 0.2) is 0 Å². The molecular weight excluding hydrogens is 342 g/mol. The molecule has 0 saturated carbocycles. The molecule has 4 rings (SSSR count). The molecule has 1 amide bonds. The number of nitrogens with one attached hydrogen (secondary N) is 1. The topological polar surface area (TPSA) is 81.9 Å². The van der Waals surface area contributed by atoms with Gasteiger partial charge < -0.3 is 10.1 Å². The normalized spacial score (nSPS) is 16.0. The lowest BCUT2D eigenvalue weighted by atomic mass is 9.85. The maximum absolute atomic E-state index is 12.5. The van der Waals surface area contributed by atoms with Crippen molar-refractivity contribution in [3.8, 4) is 11.7 Å². The Balaban J connectivity index is 1.91. The largest absolute Gasteiger partial charge is 0.496 e. The van der Waals surface area contributed by atoms with Crippen molar-refractivity contribution in [2.24, 2.45) is 0 Å². The molecule has 7 heteroatoms. The number of methoxy groups -OCH3 is 1. The van der Waals surface area contributed by atoms with Gasteiger partial charge in [-0.2, -0.15) is 9.78 Å². The van der Waals surface area contributed by atoms with Gasteiger partial charge in [-0.15, -0.1) is 0 Å². The van der Waals surface area contributed by atoms with Crippen LogP contribution in [-0.2, 0) is 4.79 Å². The van der Waals surface area contributed by atoms with Crippen molar-refractivity contribution in [2.75, 3.05) is 12.4 Å². The Hall–Kier alpha value is -3.22. The fourth-order valence-corrected chi connectivity index (χ4v) is 3.71. The Labute approximate surface area is 157 Å². The number of carbonyl (C=O) groups is 1. The third-order valence-corrected chi connectivity index (χ3v) is 4.78. The highest BCUT2D eigenvalue weighted by Crippen LogP contribution is 2.42. The average Bonchev–Trinajstić information content (AvgIpc) is 2.96. The van der Waals surface area contributed by atoms with Crippen molar-refractivity contribution in [3.63, 3.8) is 0 Å². The Morgan fingerprint density at radius 1 is 1.15 bits per heavy atom. The second kappa shape index (κ2) is 6.50. The molecule has 0 radical (unpaired) electrons. The van der Waals surface area contributed by atoms with E-state index in [-0.39, 0.29) is 11.8 Å². The number of amides is 1. The number of hydrogen-bond donors (Lipinski definition) is 1. The van der Waals surface area contributed by atoms with E-state index in [2.05, 4.69) is 20.4 Å². The van der Waals surface area contributed by atoms with Crippen LogP contribution in [0.4, 0.5) is 5.82 Å². The predicted molar refractivity (Wildman–Crippen MR) is 101 cm³/mol. The first-order valence-electron chi connectivity index (χ1n) is 8.83. The monoisotopic (exact) mass is 363 g/mol. The molecule has 0 bridgehead atoms. The van der Waals surface area contributed by atoms with Crippen LogP contribution in [0.25, 0.3) is 5.95 Å². The maximum Gasteiger partial charge on any atom is 0.252 e. The number of para-hydroxylation sites is 1. The number of benzene rings is 1. The molecule has 0 unspecified atom stereocenters. The summed E-state index contributed by atoms with van der Waals surface area (Å²) in [6.45, 7) is 5.77. The van der Waals surface area contributed by atoms with E-state index in [0.717, 1.165) is 34.0 Å². The van der Waals surface area contributed by atoms with Crippen LogP contribution in [0.3, 0.4) is 0 Å². The number of aryl methyl sites for hydroxylation is 3. The highest BCUT2D eigenvalue weighted by atomic mass is 16.5. The first-order chi connectivity index (χ1) is 13.0. The fourth-order valence-electron chi connectivity index (χ4n) is 3.71. The molecule has 138 valence electrons. The fraction of sp³-hybridized carbons (Fsp3) is 0.300. The van der Waals surface area contributed by atoms with Crippen molar-refractivity contribution in [3.05, 3.63) is 58.5 Å². The van der Waals surface area contributed by atoms with Crippen LogP contribution >= 0.6 is 0 Å². The van der Waals surface area contributed by atoms with Crippen LogP contribution in [0.2, 0.25) is 0 Å². The van der Waals surface area contributed by atoms with Gasteiger partial charge in [0.05, 0.1) is 12.8 Å². The van der Waals surface area contributed by atoms with Crippen molar-refractivity contribution in [2.45, 2.75) is 33.1 Å². The van der Waals surface area contributed by atoms with Gasteiger partial charge in [0, 0.05) is 34.9 Å². The van der Waals surface area contributed by atoms with E-state index >= 15 is 0 Å². The zero-order valence-electron chi connectivity index (χ0n) is 15.8. The van der Waals surface area contributed by atoms with Crippen LogP contribution in [-0.4, -0.2) is 32.8 Å². The molecule has 0 aliphatic carbocycles. The lowest BCUT2D eigenvalue weighted by Gasteiger charge is -2.25. The highest BCUT2D eigenvalue weighted by molar-refractivity contribution is 5.95. The van der Waals surface area contributed by atoms with E-state index in [1.54, 1.807) is 11.8 Å². The molecule has 3 heterocycles. The minimum Gasteiger partial charge on any atom is -0.496 e. The number of nitrogens with zero attached hydrogens (tertiary/aromatic N) is 4. The summed E-state index contributed by atoms with van der Waals surface area (Å²) in [5.41, 5.74) is 4.48. The molecule has 3 aromatic rings. The molecule has 7 nitrogen and oxygen atoms in total. The Bertz CT molecular complexity index is 1020. The molecule has 1 aliphatic rings. The van der Waals surface area contributed by atoms with Crippen molar-refractivity contribution in [1.82, 2.24) is 19.7 Å². The van der Waals surface area contributed by atoms with E-state index in [0.29, 0.717) is 18.2 Å². The summed E-state index contributed by atoms with van der Waals surface area (Å²) >= 11 is 0. The summed E-state index contributed by atoms with van der Waals surface area (Å²) < 4.78 is 7.16. The predicted octanol–water partition coefficient (Wildman–Crippen LogP) is 3.07. The molecule has 1 N–H and O–H groups in total. The molecular formula is C20H21N5O2. The third kappa shape index (κ3) is 2.95. The number of anilines is 1. The molecule has 1 aromatic carbocycles. The first kappa shape index (κ1) is 17.2. The van der Waals surface area contributed by atoms with E-state index in [1.165, 1.54) is 0 Å². The number of hydrogen-bond acceptors (Lipinski definition) is 5. The zero-order chi connectivity index (χ0) is 19.1. The van der Waals surface area contributed by atoms with E-state index in [9.17, 15) is 4.79 Å². The van der Waals surface area contributed by atoms with Gasteiger partial charge in [0.1, 0.15) is 11.6 Å². The van der Waals surface area contributed by atoms with Crippen LogP contribution in [0.1, 0.15) is 40.5 Å².